The van der Waals surface area contributed by atoms with Gasteiger partial charge in [-0.2, -0.15) is 0 Å². The molecule has 3 heterocycles. The number of imidazole rings is 1. The molecule has 4 rings (SSSR count). The molecule has 1 aliphatic heterocycles. The number of anilines is 1. The van der Waals surface area contributed by atoms with Gasteiger partial charge in [0, 0.05) is 43.0 Å². The standard InChI is InChI=1S/C18H17BrN6O/c19-15-4-2-1-3-14(15)18(26)24-11-9-23(10-12-24)16-5-6-17(22-21-16)25-8-7-20-13-25/h1-8,13H,9-12H2. The number of hydrogen-bond acceptors (Lipinski definition) is 5. The smallest absolute Gasteiger partial charge is 0.255 e. The highest BCUT2D eigenvalue weighted by Gasteiger charge is 2.24. The lowest BCUT2D eigenvalue weighted by molar-refractivity contribution is 0.0745. The number of carbonyl (C=O) groups is 1. The van der Waals surface area contributed by atoms with Crippen molar-refractivity contribution in [2.24, 2.45) is 0 Å². The van der Waals surface area contributed by atoms with Crippen molar-refractivity contribution in [3.63, 3.8) is 0 Å². The number of halogens is 1. The van der Waals surface area contributed by atoms with Crippen molar-refractivity contribution < 1.29 is 4.79 Å². The lowest BCUT2D eigenvalue weighted by Gasteiger charge is -2.35. The van der Waals surface area contributed by atoms with Gasteiger partial charge in [-0.05, 0) is 40.2 Å². The van der Waals surface area contributed by atoms with E-state index in [1.54, 1.807) is 12.5 Å². The summed E-state index contributed by atoms with van der Waals surface area (Å²) in [4.78, 5) is 20.7. The van der Waals surface area contributed by atoms with Gasteiger partial charge in [0.25, 0.3) is 5.91 Å². The van der Waals surface area contributed by atoms with Crippen LogP contribution in [0.25, 0.3) is 5.82 Å². The molecule has 132 valence electrons. The monoisotopic (exact) mass is 412 g/mol. The van der Waals surface area contributed by atoms with Crippen molar-refractivity contribution in [3.8, 4) is 5.82 Å². The summed E-state index contributed by atoms with van der Waals surface area (Å²) in [6, 6.07) is 11.4. The first-order chi connectivity index (χ1) is 12.7. The van der Waals surface area contributed by atoms with Gasteiger partial charge in [-0.1, -0.05) is 12.1 Å². The molecule has 0 atom stereocenters. The lowest BCUT2D eigenvalue weighted by atomic mass is 10.2. The van der Waals surface area contributed by atoms with E-state index in [4.69, 9.17) is 0 Å². The third-order valence-electron chi connectivity index (χ3n) is 4.40. The molecule has 0 bridgehead atoms. The van der Waals surface area contributed by atoms with Crippen LogP contribution in [-0.4, -0.2) is 56.7 Å². The maximum atomic E-state index is 12.7. The summed E-state index contributed by atoms with van der Waals surface area (Å²) in [6.07, 6.45) is 5.22. The van der Waals surface area contributed by atoms with Gasteiger partial charge in [0.1, 0.15) is 6.33 Å². The largest absolute Gasteiger partial charge is 0.352 e. The van der Waals surface area contributed by atoms with Crippen molar-refractivity contribution in [1.82, 2.24) is 24.6 Å². The molecule has 1 fully saturated rings. The number of nitrogens with zero attached hydrogens (tertiary/aromatic N) is 6. The zero-order valence-electron chi connectivity index (χ0n) is 14.0. The summed E-state index contributed by atoms with van der Waals surface area (Å²) in [5.41, 5.74) is 0.699. The molecule has 0 aliphatic carbocycles. The minimum atomic E-state index is 0.0543. The predicted molar refractivity (Wildman–Crippen MR) is 101 cm³/mol. The molecular formula is C18H17BrN6O. The molecule has 1 aromatic carbocycles. The molecule has 7 nitrogen and oxygen atoms in total. The van der Waals surface area contributed by atoms with Crippen molar-refractivity contribution in [1.29, 1.82) is 0 Å². The molecule has 1 amide bonds. The predicted octanol–water partition coefficient (Wildman–Crippen LogP) is 2.39. The molecule has 0 radical (unpaired) electrons. The van der Waals surface area contributed by atoms with E-state index in [-0.39, 0.29) is 5.91 Å². The van der Waals surface area contributed by atoms with Gasteiger partial charge in [-0.15, -0.1) is 10.2 Å². The Balaban J connectivity index is 1.40. The summed E-state index contributed by atoms with van der Waals surface area (Å²) >= 11 is 3.45. The summed E-state index contributed by atoms with van der Waals surface area (Å²) in [5, 5.41) is 8.57. The van der Waals surface area contributed by atoms with Crippen LogP contribution in [0.4, 0.5) is 5.82 Å². The molecule has 1 saturated heterocycles. The molecular weight excluding hydrogens is 396 g/mol. The maximum absolute atomic E-state index is 12.7. The Morgan fingerprint density at radius 2 is 1.69 bits per heavy atom. The third-order valence-corrected chi connectivity index (χ3v) is 5.09. The fraction of sp³-hybridized carbons (Fsp3) is 0.222. The number of piperazine rings is 1. The lowest BCUT2D eigenvalue weighted by Crippen LogP contribution is -2.49. The minimum absolute atomic E-state index is 0.0543. The van der Waals surface area contributed by atoms with Gasteiger partial charge in [0.15, 0.2) is 11.6 Å². The van der Waals surface area contributed by atoms with Crippen LogP contribution in [0.2, 0.25) is 0 Å². The fourth-order valence-corrected chi connectivity index (χ4v) is 3.42. The Morgan fingerprint density at radius 3 is 2.35 bits per heavy atom. The van der Waals surface area contributed by atoms with Gasteiger partial charge in [-0.25, -0.2) is 4.98 Å². The molecule has 0 saturated carbocycles. The number of rotatable bonds is 3. The normalized spacial score (nSPS) is 14.5. The second-order valence-corrected chi connectivity index (χ2v) is 6.83. The fourth-order valence-electron chi connectivity index (χ4n) is 2.96. The molecule has 2 aromatic heterocycles. The maximum Gasteiger partial charge on any atom is 0.255 e. The molecule has 0 unspecified atom stereocenters. The van der Waals surface area contributed by atoms with Crippen LogP contribution < -0.4 is 4.90 Å². The number of aromatic nitrogens is 4. The van der Waals surface area contributed by atoms with Gasteiger partial charge in [0.05, 0.1) is 5.56 Å². The van der Waals surface area contributed by atoms with E-state index >= 15 is 0 Å². The summed E-state index contributed by atoms with van der Waals surface area (Å²) < 4.78 is 2.64. The van der Waals surface area contributed by atoms with E-state index in [2.05, 4.69) is 36.0 Å². The Bertz CT molecular complexity index is 888. The Labute approximate surface area is 159 Å². The van der Waals surface area contributed by atoms with Crippen molar-refractivity contribution >= 4 is 27.7 Å². The SMILES string of the molecule is O=C(c1ccccc1Br)N1CCN(c2ccc(-n3ccnc3)nn2)CC1. The molecule has 3 aromatic rings. The molecule has 1 aliphatic rings. The van der Waals surface area contributed by atoms with Crippen LogP contribution in [0, 0.1) is 0 Å². The first-order valence-corrected chi connectivity index (χ1v) is 9.12. The second kappa shape index (κ2) is 7.25. The van der Waals surface area contributed by atoms with Crippen LogP contribution in [0.1, 0.15) is 10.4 Å². The van der Waals surface area contributed by atoms with Crippen LogP contribution in [-0.2, 0) is 0 Å². The topological polar surface area (TPSA) is 67.2 Å². The average molecular weight is 413 g/mol. The quantitative estimate of drug-likeness (QED) is 0.660. The van der Waals surface area contributed by atoms with E-state index in [0.717, 1.165) is 29.2 Å². The van der Waals surface area contributed by atoms with E-state index in [1.165, 1.54) is 0 Å². The Kier molecular flexibility index (Phi) is 4.66. The number of hydrogen-bond donors (Lipinski definition) is 0. The molecule has 8 heteroatoms. The van der Waals surface area contributed by atoms with Crippen molar-refractivity contribution in [2.75, 3.05) is 31.1 Å². The zero-order chi connectivity index (χ0) is 17.9. The highest BCUT2D eigenvalue weighted by Crippen LogP contribution is 2.20. The first kappa shape index (κ1) is 16.7. The first-order valence-electron chi connectivity index (χ1n) is 8.33. The summed E-state index contributed by atoms with van der Waals surface area (Å²) in [5.74, 6) is 1.61. The van der Waals surface area contributed by atoms with Crippen molar-refractivity contribution in [2.45, 2.75) is 0 Å². The van der Waals surface area contributed by atoms with Gasteiger partial charge >= 0.3 is 0 Å². The third kappa shape index (κ3) is 3.32. The van der Waals surface area contributed by atoms with Crippen molar-refractivity contribution in [3.05, 3.63) is 65.2 Å². The number of amides is 1. The van der Waals surface area contributed by atoms with E-state index in [9.17, 15) is 4.79 Å². The molecule has 0 spiro atoms. The second-order valence-electron chi connectivity index (χ2n) is 5.98. The van der Waals surface area contributed by atoms with Crippen LogP contribution in [0.15, 0.2) is 59.6 Å². The number of benzene rings is 1. The highest BCUT2D eigenvalue weighted by molar-refractivity contribution is 9.10. The van der Waals surface area contributed by atoms with E-state index in [1.807, 2.05) is 52.1 Å². The Morgan fingerprint density at radius 1 is 0.962 bits per heavy atom. The van der Waals surface area contributed by atoms with Crippen LogP contribution >= 0.6 is 15.9 Å². The van der Waals surface area contributed by atoms with Gasteiger partial charge < -0.3 is 9.80 Å². The average Bonchev–Trinajstić information content (AvgIpc) is 3.23. The Hall–Kier alpha value is -2.74. The summed E-state index contributed by atoms with van der Waals surface area (Å²) in [7, 11) is 0. The minimum Gasteiger partial charge on any atom is -0.352 e. The molecule has 0 N–H and O–H groups in total. The summed E-state index contributed by atoms with van der Waals surface area (Å²) in [6.45, 7) is 2.78. The van der Waals surface area contributed by atoms with Crippen LogP contribution in [0.5, 0.6) is 0 Å². The number of carbonyl (C=O) groups excluding carboxylic acids is 1. The van der Waals surface area contributed by atoms with Crippen LogP contribution in [0.3, 0.4) is 0 Å². The zero-order valence-corrected chi connectivity index (χ0v) is 15.6. The van der Waals surface area contributed by atoms with E-state index in [0.29, 0.717) is 18.7 Å². The highest BCUT2D eigenvalue weighted by atomic mass is 79.9. The van der Waals surface area contributed by atoms with Gasteiger partial charge in [0.2, 0.25) is 0 Å². The molecule has 26 heavy (non-hydrogen) atoms. The van der Waals surface area contributed by atoms with Gasteiger partial charge in [-0.3, -0.25) is 9.36 Å². The van der Waals surface area contributed by atoms with E-state index < -0.39 is 0 Å².